The number of hydrogen-bond donors (Lipinski definition) is 1. The van der Waals surface area contributed by atoms with Crippen LogP contribution < -0.4 is 10.2 Å². The van der Waals surface area contributed by atoms with E-state index in [2.05, 4.69) is 41.1 Å². The van der Waals surface area contributed by atoms with Crippen LogP contribution in [0.2, 0.25) is 0 Å². The van der Waals surface area contributed by atoms with Crippen LogP contribution in [0.3, 0.4) is 0 Å². The van der Waals surface area contributed by atoms with Crippen LogP contribution in [0.1, 0.15) is 21.1 Å². The van der Waals surface area contributed by atoms with Crippen molar-refractivity contribution in [2.45, 2.75) is 26.9 Å². The largest absolute Gasteiger partial charge is 0.346 e. The lowest BCUT2D eigenvalue weighted by atomic mass is 10.4. The van der Waals surface area contributed by atoms with Gasteiger partial charge in [-0.05, 0) is 20.9 Å². The van der Waals surface area contributed by atoms with E-state index < -0.39 is 0 Å². The molecule has 0 amide bonds. The molecule has 0 aliphatic heterocycles. The Morgan fingerprint density at radius 1 is 1.28 bits per heavy atom. The lowest BCUT2D eigenvalue weighted by molar-refractivity contribution is 0.822. The zero-order valence-corrected chi connectivity index (χ0v) is 12.8. The standard InChI is InChI=1S/C12H18N4S2/c1-8-11(17-7-14-8)6-16(4)12-15-9(2)10(18-12)5-13-3/h7,13H,5-6H2,1-4H3. The third kappa shape index (κ3) is 2.88. The van der Waals surface area contributed by atoms with E-state index in [-0.39, 0.29) is 0 Å². The predicted molar refractivity (Wildman–Crippen MR) is 78.6 cm³/mol. The van der Waals surface area contributed by atoms with Gasteiger partial charge in [0.1, 0.15) is 0 Å². The Kier molecular flexibility index (Phi) is 4.31. The summed E-state index contributed by atoms with van der Waals surface area (Å²) in [6, 6.07) is 0. The Morgan fingerprint density at radius 2 is 2.06 bits per heavy atom. The monoisotopic (exact) mass is 282 g/mol. The van der Waals surface area contributed by atoms with Gasteiger partial charge in [0.2, 0.25) is 0 Å². The summed E-state index contributed by atoms with van der Waals surface area (Å²) in [6.07, 6.45) is 0. The van der Waals surface area contributed by atoms with E-state index in [0.717, 1.165) is 29.6 Å². The molecule has 2 aromatic rings. The zero-order chi connectivity index (χ0) is 13.1. The molecule has 0 fully saturated rings. The number of rotatable bonds is 5. The molecule has 0 radical (unpaired) electrons. The molecule has 98 valence electrons. The summed E-state index contributed by atoms with van der Waals surface area (Å²) >= 11 is 3.46. The first kappa shape index (κ1) is 13.5. The second kappa shape index (κ2) is 5.77. The highest BCUT2D eigenvalue weighted by molar-refractivity contribution is 7.15. The maximum atomic E-state index is 4.63. The van der Waals surface area contributed by atoms with Crippen molar-refractivity contribution >= 4 is 27.8 Å². The summed E-state index contributed by atoms with van der Waals surface area (Å²) in [5.41, 5.74) is 4.14. The first-order chi connectivity index (χ1) is 8.61. The molecule has 6 heteroatoms. The summed E-state index contributed by atoms with van der Waals surface area (Å²) in [5, 5.41) is 4.25. The van der Waals surface area contributed by atoms with Crippen molar-refractivity contribution < 1.29 is 0 Å². The number of aromatic nitrogens is 2. The van der Waals surface area contributed by atoms with Crippen molar-refractivity contribution in [2.75, 3.05) is 19.0 Å². The SMILES string of the molecule is CNCc1sc(N(C)Cc2scnc2C)nc1C. The third-order valence-electron chi connectivity index (χ3n) is 2.77. The van der Waals surface area contributed by atoms with Gasteiger partial charge in [0.15, 0.2) is 5.13 Å². The maximum absolute atomic E-state index is 4.63. The summed E-state index contributed by atoms with van der Waals surface area (Å²) in [7, 11) is 4.05. The molecule has 0 saturated heterocycles. The minimum absolute atomic E-state index is 0.877. The molecule has 0 atom stereocenters. The molecule has 0 unspecified atom stereocenters. The Bertz CT molecular complexity index is 518. The molecule has 4 nitrogen and oxygen atoms in total. The van der Waals surface area contributed by atoms with E-state index in [0.29, 0.717) is 0 Å². The molecule has 2 rings (SSSR count). The van der Waals surface area contributed by atoms with Crippen LogP contribution in [0.15, 0.2) is 5.51 Å². The van der Waals surface area contributed by atoms with Crippen LogP contribution in [0.4, 0.5) is 5.13 Å². The van der Waals surface area contributed by atoms with E-state index in [9.17, 15) is 0 Å². The molecule has 0 aliphatic carbocycles. The van der Waals surface area contributed by atoms with Gasteiger partial charge in [-0.2, -0.15) is 0 Å². The van der Waals surface area contributed by atoms with E-state index >= 15 is 0 Å². The second-order valence-corrected chi connectivity index (χ2v) is 6.25. The van der Waals surface area contributed by atoms with Gasteiger partial charge in [-0.3, -0.25) is 0 Å². The lowest BCUT2D eigenvalue weighted by Crippen LogP contribution is -2.15. The van der Waals surface area contributed by atoms with Crippen LogP contribution in [-0.2, 0) is 13.1 Å². The van der Waals surface area contributed by atoms with Gasteiger partial charge in [-0.25, -0.2) is 9.97 Å². The smallest absolute Gasteiger partial charge is 0.185 e. The molecular formula is C12H18N4S2. The third-order valence-corrected chi connectivity index (χ3v) is 4.96. The lowest BCUT2D eigenvalue weighted by Gasteiger charge is -2.14. The van der Waals surface area contributed by atoms with Crippen molar-refractivity contribution in [2.24, 2.45) is 0 Å². The van der Waals surface area contributed by atoms with Crippen LogP contribution in [0.5, 0.6) is 0 Å². The van der Waals surface area contributed by atoms with Crippen molar-refractivity contribution in [1.82, 2.24) is 15.3 Å². The van der Waals surface area contributed by atoms with Crippen LogP contribution in [0.25, 0.3) is 0 Å². The zero-order valence-electron chi connectivity index (χ0n) is 11.1. The fraction of sp³-hybridized carbons (Fsp3) is 0.500. The van der Waals surface area contributed by atoms with Crippen LogP contribution >= 0.6 is 22.7 Å². The maximum Gasteiger partial charge on any atom is 0.185 e. The molecule has 1 N–H and O–H groups in total. The van der Waals surface area contributed by atoms with Gasteiger partial charge in [0.25, 0.3) is 0 Å². The Hall–Kier alpha value is -0.980. The number of nitrogens with zero attached hydrogens (tertiary/aromatic N) is 3. The molecule has 0 aromatic carbocycles. The van der Waals surface area contributed by atoms with Gasteiger partial charge in [0.05, 0.1) is 23.4 Å². The van der Waals surface area contributed by atoms with Gasteiger partial charge in [0, 0.05) is 23.3 Å². The number of aryl methyl sites for hydroxylation is 2. The summed E-state index contributed by atoms with van der Waals surface area (Å²) in [4.78, 5) is 13.7. The number of nitrogens with one attached hydrogen (secondary N) is 1. The predicted octanol–water partition coefficient (Wildman–Crippen LogP) is 2.57. The van der Waals surface area contributed by atoms with Crippen molar-refractivity contribution in [3.63, 3.8) is 0 Å². The summed E-state index contributed by atoms with van der Waals surface area (Å²) in [5.74, 6) is 0. The highest BCUT2D eigenvalue weighted by atomic mass is 32.1. The van der Waals surface area contributed by atoms with Gasteiger partial charge >= 0.3 is 0 Å². The Balaban J connectivity index is 2.11. The van der Waals surface area contributed by atoms with Crippen molar-refractivity contribution in [3.8, 4) is 0 Å². The Labute approximate surface area is 116 Å². The van der Waals surface area contributed by atoms with E-state index in [1.807, 2.05) is 12.6 Å². The fourth-order valence-corrected chi connectivity index (χ4v) is 3.52. The average molecular weight is 282 g/mol. The summed E-state index contributed by atoms with van der Waals surface area (Å²) < 4.78 is 0. The molecule has 0 spiro atoms. The molecular weight excluding hydrogens is 264 g/mol. The quantitative estimate of drug-likeness (QED) is 0.915. The number of thiazole rings is 2. The minimum Gasteiger partial charge on any atom is -0.346 e. The normalized spacial score (nSPS) is 10.9. The number of hydrogen-bond acceptors (Lipinski definition) is 6. The first-order valence-corrected chi connectivity index (χ1v) is 7.52. The van der Waals surface area contributed by atoms with Gasteiger partial charge in [-0.1, -0.05) is 0 Å². The van der Waals surface area contributed by atoms with E-state index in [4.69, 9.17) is 0 Å². The molecule has 0 aliphatic rings. The molecule has 18 heavy (non-hydrogen) atoms. The number of anilines is 1. The highest BCUT2D eigenvalue weighted by Crippen LogP contribution is 2.27. The van der Waals surface area contributed by atoms with Crippen LogP contribution in [-0.4, -0.2) is 24.1 Å². The fourth-order valence-electron chi connectivity index (χ4n) is 1.66. The van der Waals surface area contributed by atoms with Gasteiger partial charge < -0.3 is 10.2 Å². The topological polar surface area (TPSA) is 41.0 Å². The van der Waals surface area contributed by atoms with Gasteiger partial charge in [-0.15, -0.1) is 22.7 Å². The summed E-state index contributed by atoms with van der Waals surface area (Å²) in [6.45, 7) is 5.89. The molecule has 2 aromatic heterocycles. The molecule has 0 saturated carbocycles. The highest BCUT2D eigenvalue weighted by Gasteiger charge is 2.12. The van der Waals surface area contributed by atoms with E-state index in [1.54, 1.807) is 22.7 Å². The minimum atomic E-state index is 0.877. The first-order valence-electron chi connectivity index (χ1n) is 5.82. The van der Waals surface area contributed by atoms with Crippen molar-refractivity contribution in [3.05, 3.63) is 26.7 Å². The van der Waals surface area contributed by atoms with Crippen LogP contribution in [0, 0.1) is 13.8 Å². The average Bonchev–Trinajstić information content (AvgIpc) is 2.88. The second-order valence-electron chi connectivity index (χ2n) is 4.25. The van der Waals surface area contributed by atoms with E-state index in [1.165, 1.54) is 9.75 Å². The van der Waals surface area contributed by atoms with Crippen molar-refractivity contribution in [1.29, 1.82) is 0 Å². The molecule has 2 heterocycles. The molecule has 0 bridgehead atoms. The Morgan fingerprint density at radius 3 is 2.67 bits per heavy atom.